The first-order valence-corrected chi connectivity index (χ1v) is 8.08. The number of benzene rings is 2. The molecule has 0 saturated heterocycles. The van der Waals surface area contributed by atoms with Crippen molar-refractivity contribution in [2.45, 2.75) is 19.5 Å². The molecule has 0 radical (unpaired) electrons. The number of hydrogen-bond donors (Lipinski definition) is 0. The van der Waals surface area contributed by atoms with Gasteiger partial charge in [-0.05, 0) is 42.8 Å². The molecule has 0 aliphatic rings. The first kappa shape index (κ1) is 18.5. The number of ketones is 1. The minimum atomic E-state index is -4.52. The van der Waals surface area contributed by atoms with Crippen LogP contribution in [0.15, 0.2) is 55.0 Å². The number of aromatic nitrogens is 2. The molecule has 0 spiro atoms. The largest absolute Gasteiger partial charge is 0.416 e. The number of terminal acetylenes is 1. The fraction of sp³-hybridized carbons (Fsp3) is 0.143. The highest BCUT2D eigenvalue weighted by atomic mass is 19.4. The molecule has 136 valence electrons. The maximum absolute atomic E-state index is 13.3. The van der Waals surface area contributed by atoms with E-state index < -0.39 is 11.7 Å². The van der Waals surface area contributed by atoms with Crippen molar-refractivity contribution in [2.24, 2.45) is 0 Å². The van der Waals surface area contributed by atoms with E-state index in [0.717, 1.165) is 12.1 Å². The lowest BCUT2D eigenvalue weighted by Crippen LogP contribution is -2.10. The molecule has 0 aliphatic heterocycles. The normalized spacial score (nSPS) is 11.2. The molecule has 27 heavy (non-hydrogen) atoms. The van der Waals surface area contributed by atoms with Crippen LogP contribution in [0.2, 0.25) is 0 Å². The lowest BCUT2D eigenvalue weighted by molar-refractivity contribution is -0.137. The van der Waals surface area contributed by atoms with Crippen molar-refractivity contribution in [3.63, 3.8) is 0 Å². The van der Waals surface area contributed by atoms with Crippen molar-refractivity contribution < 1.29 is 18.0 Å². The second kappa shape index (κ2) is 7.12. The van der Waals surface area contributed by atoms with Crippen LogP contribution < -0.4 is 0 Å². The van der Waals surface area contributed by atoms with Gasteiger partial charge in [0.15, 0.2) is 5.78 Å². The third-order valence-electron chi connectivity index (χ3n) is 4.03. The Balaban J connectivity index is 1.99. The van der Waals surface area contributed by atoms with Gasteiger partial charge in [-0.3, -0.25) is 4.79 Å². The maximum Gasteiger partial charge on any atom is 0.416 e. The lowest BCUT2D eigenvalue weighted by Gasteiger charge is -2.13. The second-order valence-corrected chi connectivity index (χ2v) is 6.13. The average Bonchev–Trinajstić information content (AvgIpc) is 3.07. The van der Waals surface area contributed by atoms with Crippen LogP contribution in [0.3, 0.4) is 0 Å². The number of rotatable bonds is 4. The number of alkyl halides is 3. The van der Waals surface area contributed by atoms with Crippen LogP contribution in [-0.2, 0) is 12.6 Å². The number of nitrogens with zero attached hydrogens (tertiary/aromatic N) is 2. The summed E-state index contributed by atoms with van der Waals surface area (Å²) in [4.78, 5) is 16.6. The Morgan fingerprint density at radius 1 is 1.22 bits per heavy atom. The Bertz CT molecular complexity index is 1040. The van der Waals surface area contributed by atoms with Crippen LogP contribution in [0.4, 0.5) is 13.2 Å². The number of halogens is 3. The topological polar surface area (TPSA) is 34.9 Å². The van der Waals surface area contributed by atoms with Gasteiger partial charge in [0, 0.05) is 29.4 Å². The van der Waals surface area contributed by atoms with E-state index in [1.165, 1.54) is 10.9 Å². The van der Waals surface area contributed by atoms with Gasteiger partial charge in [-0.2, -0.15) is 13.2 Å². The molecule has 0 unspecified atom stereocenters. The van der Waals surface area contributed by atoms with Gasteiger partial charge in [0.05, 0.1) is 17.6 Å². The van der Waals surface area contributed by atoms with Crippen LogP contribution in [0.1, 0.15) is 32.7 Å². The van der Waals surface area contributed by atoms with E-state index in [2.05, 4.69) is 10.9 Å². The third kappa shape index (κ3) is 4.26. The zero-order valence-electron chi connectivity index (χ0n) is 14.4. The van der Waals surface area contributed by atoms with Gasteiger partial charge < -0.3 is 4.57 Å². The van der Waals surface area contributed by atoms with Gasteiger partial charge in [0.25, 0.3) is 0 Å². The molecule has 0 amide bonds. The molecule has 0 atom stereocenters. The van der Waals surface area contributed by atoms with Gasteiger partial charge in [-0.1, -0.05) is 18.1 Å². The molecule has 1 heterocycles. The molecule has 0 fully saturated rings. The Morgan fingerprint density at radius 3 is 2.63 bits per heavy atom. The van der Waals surface area contributed by atoms with Crippen molar-refractivity contribution >= 4 is 5.78 Å². The Labute approximate surface area is 154 Å². The zero-order chi connectivity index (χ0) is 19.6. The quantitative estimate of drug-likeness (QED) is 0.498. The highest BCUT2D eigenvalue weighted by Gasteiger charge is 2.31. The van der Waals surface area contributed by atoms with Crippen molar-refractivity contribution in [2.75, 3.05) is 0 Å². The number of carbonyl (C=O) groups is 1. The first-order chi connectivity index (χ1) is 12.8. The highest BCUT2D eigenvalue weighted by Crippen LogP contribution is 2.32. The standard InChI is InChI=1S/C21H15F3N2O/c1-3-15-5-4-6-17(7-15)20(27)10-16-8-18(21(22,23)24)11-19(9-16)26-12-14(2)25-13-26/h1,4-9,11-13H,10H2,2H3. The molecule has 1 aromatic heterocycles. The number of imidazole rings is 1. The van der Waals surface area contributed by atoms with Crippen molar-refractivity contribution in [1.29, 1.82) is 0 Å². The van der Waals surface area contributed by atoms with E-state index in [9.17, 15) is 18.0 Å². The van der Waals surface area contributed by atoms with Crippen molar-refractivity contribution in [1.82, 2.24) is 9.55 Å². The molecular formula is C21H15F3N2O. The van der Waals surface area contributed by atoms with E-state index in [-0.39, 0.29) is 17.8 Å². The molecule has 0 aliphatic carbocycles. The number of Topliss-reactive ketones (excluding diaryl/α,β-unsaturated/α-hetero) is 1. The summed E-state index contributed by atoms with van der Waals surface area (Å²) < 4.78 is 41.4. The summed E-state index contributed by atoms with van der Waals surface area (Å²) in [5.74, 6) is 2.13. The number of aryl methyl sites for hydroxylation is 1. The summed E-state index contributed by atoms with van der Waals surface area (Å²) in [5.41, 5.74) is 1.33. The van der Waals surface area contributed by atoms with Gasteiger partial charge in [-0.15, -0.1) is 6.42 Å². The van der Waals surface area contributed by atoms with Crippen LogP contribution in [0.25, 0.3) is 5.69 Å². The van der Waals surface area contributed by atoms with Crippen molar-refractivity contribution in [3.05, 3.63) is 82.9 Å². The summed E-state index contributed by atoms with van der Waals surface area (Å²) in [6, 6.07) is 10.1. The Morgan fingerprint density at radius 2 is 2.00 bits per heavy atom. The van der Waals surface area contributed by atoms with E-state index in [1.54, 1.807) is 43.5 Å². The van der Waals surface area contributed by atoms with Gasteiger partial charge in [-0.25, -0.2) is 4.98 Å². The van der Waals surface area contributed by atoms with Gasteiger partial charge in [0.1, 0.15) is 0 Å². The van der Waals surface area contributed by atoms with E-state index in [0.29, 0.717) is 22.5 Å². The van der Waals surface area contributed by atoms with Crippen molar-refractivity contribution in [3.8, 4) is 18.0 Å². The van der Waals surface area contributed by atoms with Crippen LogP contribution in [0.5, 0.6) is 0 Å². The van der Waals surface area contributed by atoms with E-state index in [4.69, 9.17) is 6.42 Å². The summed E-state index contributed by atoms with van der Waals surface area (Å²) >= 11 is 0. The molecule has 0 bridgehead atoms. The predicted molar refractivity (Wildman–Crippen MR) is 95.7 cm³/mol. The fourth-order valence-corrected chi connectivity index (χ4v) is 2.72. The molecule has 0 saturated carbocycles. The Hall–Kier alpha value is -3.33. The SMILES string of the molecule is C#Cc1cccc(C(=O)Cc2cc(-n3cnc(C)c3)cc(C(F)(F)F)c2)c1. The highest BCUT2D eigenvalue weighted by molar-refractivity contribution is 5.97. The van der Waals surface area contributed by atoms with Gasteiger partial charge in [0.2, 0.25) is 0 Å². The lowest BCUT2D eigenvalue weighted by atomic mass is 9.99. The van der Waals surface area contributed by atoms with Gasteiger partial charge >= 0.3 is 6.18 Å². The zero-order valence-corrected chi connectivity index (χ0v) is 14.4. The van der Waals surface area contributed by atoms with E-state index >= 15 is 0 Å². The van der Waals surface area contributed by atoms with Crippen LogP contribution in [-0.4, -0.2) is 15.3 Å². The molecule has 2 aromatic carbocycles. The fourth-order valence-electron chi connectivity index (χ4n) is 2.72. The molecule has 3 nitrogen and oxygen atoms in total. The molecule has 3 rings (SSSR count). The maximum atomic E-state index is 13.3. The van der Waals surface area contributed by atoms with Crippen LogP contribution in [0, 0.1) is 19.3 Å². The molecular weight excluding hydrogens is 353 g/mol. The first-order valence-electron chi connectivity index (χ1n) is 8.08. The predicted octanol–water partition coefficient (Wildman–Crippen LogP) is 4.61. The average molecular weight is 368 g/mol. The summed E-state index contributed by atoms with van der Waals surface area (Å²) in [6.45, 7) is 1.74. The van der Waals surface area contributed by atoms with E-state index in [1.807, 2.05) is 0 Å². The minimum Gasteiger partial charge on any atom is -0.306 e. The summed E-state index contributed by atoms with van der Waals surface area (Å²) in [6.07, 6.45) is 3.70. The Kier molecular flexibility index (Phi) is 4.87. The van der Waals surface area contributed by atoms with Crippen LogP contribution >= 0.6 is 0 Å². The smallest absolute Gasteiger partial charge is 0.306 e. The number of hydrogen-bond acceptors (Lipinski definition) is 2. The summed E-state index contributed by atoms with van der Waals surface area (Å²) in [7, 11) is 0. The monoisotopic (exact) mass is 368 g/mol. The second-order valence-electron chi connectivity index (χ2n) is 6.13. The number of carbonyl (C=O) groups excluding carboxylic acids is 1. The summed E-state index contributed by atoms with van der Waals surface area (Å²) in [5, 5.41) is 0. The minimum absolute atomic E-state index is 0.168. The molecule has 6 heteroatoms. The molecule has 0 N–H and O–H groups in total. The molecule has 3 aromatic rings. The third-order valence-corrected chi connectivity index (χ3v) is 4.03.